The summed E-state index contributed by atoms with van der Waals surface area (Å²) in [5.41, 5.74) is 6.97. The van der Waals surface area contributed by atoms with E-state index in [4.69, 9.17) is 18.0 Å². The summed E-state index contributed by atoms with van der Waals surface area (Å²) in [7, 11) is 0. The van der Waals surface area contributed by atoms with Crippen LogP contribution in [0, 0.1) is 17.2 Å². The van der Waals surface area contributed by atoms with Gasteiger partial charge in [-0.25, -0.2) is 4.39 Å². The minimum Gasteiger partial charge on any atom is -0.389 e. The fourth-order valence-corrected chi connectivity index (χ4v) is 3.67. The molecule has 0 heterocycles. The first-order valence-corrected chi connectivity index (χ1v) is 8.16. The summed E-state index contributed by atoms with van der Waals surface area (Å²) in [6, 6.07) is 4.92. The normalized spacial score (nSPS) is 17.1. The van der Waals surface area contributed by atoms with Crippen LogP contribution in [0.2, 0.25) is 0 Å². The highest BCUT2D eigenvalue weighted by Gasteiger charge is 2.34. The third kappa shape index (κ3) is 4.16. The van der Waals surface area contributed by atoms with Gasteiger partial charge in [0.15, 0.2) is 0 Å². The average Bonchev–Trinajstić information content (AvgIpc) is 2.85. The maximum atomic E-state index is 14.1. The second-order valence-corrected chi connectivity index (χ2v) is 7.16. The van der Waals surface area contributed by atoms with Crippen LogP contribution >= 0.6 is 12.2 Å². The molecular weight excluding hydrogens is 283 g/mol. The second kappa shape index (κ2) is 6.73. The molecule has 0 aliphatic heterocycles. The first kappa shape index (κ1) is 16.2. The SMILES string of the molecule is CC(C)CC1(CNc2ccc(C(N)=S)cc2F)CCCC1. The Morgan fingerprint density at radius 1 is 1.38 bits per heavy atom. The molecule has 1 aliphatic rings. The largest absolute Gasteiger partial charge is 0.389 e. The number of benzene rings is 1. The smallest absolute Gasteiger partial charge is 0.146 e. The van der Waals surface area contributed by atoms with Crippen molar-refractivity contribution in [3.63, 3.8) is 0 Å². The zero-order valence-corrected chi connectivity index (χ0v) is 13.7. The predicted molar refractivity (Wildman–Crippen MR) is 91.1 cm³/mol. The molecule has 0 amide bonds. The first-order valence-electron chi connectivity index (χ1n) is 7.75. The van der Waals surface area contributed by atoms with Gasteiger partial charge in [0.25, 0.3) is 0 Å². The van der Waals surface area contributed by atoms with Gasteiger partial charge in [-0.05, 0) is 48.8 Å². The summed E-state index contributed by atoms with van der Waals surface area (Å²) >= 11 is 4.87. The molecule has 1 aliphatic carbocycles. The third-order valence-electron chi connectivity index (χ3n) is 4.41. The molecule has 0 saturated heterocycles. The highest BCUT2D eigenvalue weighted by molar-refractivity contribution is 7.80. The number of halogens is 1. The van der Waals surface area contributed by atoms with E-state index in [0.717, 1.165) is 6.54 Å². The lowest BCUT2D eigenvalue weighted by atomic mass is 9.78. The van der Waals surface area contributed by atoms with Gasteiger partial charge in [-0.1, -0.05) is 38.9 Å². The number of anilines is 1. The van der Waals surface area contributed by atoms with E-state index in [2.05, 4.69) is 19.2 Å². The van der Waals surface area contributed by atoms with E-state index in [1.807, 2.05) is 0 Å². The molecule has 2 rings (SSSR count). The van der Waals surface area contributed by atoms with Crippen LogP contribution in [0.3, 0.4) is 0 Å². The van der Waals surface area contributed by atoms with Crippen molar-refractivity contribution in [3.8, 4) is 0 Å². The molecule has 4 heteroatoms. The molecular formula is C17H25FN2S. The van der Waals surface area contributed by atoms with Crippen molar-refractivity contribution in [2.45, 2.75) is 46.0 Å². The average molecular weight is 308 g/mol. The number of thiocarbonyl (C=S) groups is 1. The van der Waals surface area contributed by atoms with Gasteiger partial charge < -0.3 is 11.1 Å². The van der Waals surface area contributed by atoms with Crippen LogP contribution in [-0.4, -0.2) is 11.5 Å². The van der Waals surface area contributed by atoms with Gasteiger partial charge in [-0.2, -0.15) is 0 Å². The van der Waals surface area contributed by atoms with Gasteiger partial charge in [0, 0.05) is 12.1 Å². The standard InChI is InChI=1S/C17H25FN2S/c1-12(2)10-17(7-3-4-8-17)11-20-15-6-5-13(16(19)21)9-14(15)18/h5-6,9,12,20H,3-4,7-8,10-11H2,1-2H3,(H2,19,21). The molecule has 0 atom stereocenters. The monoisotopic (exact) mass is 308 g/mol. The number of rotatable bonds is 6. The summed E-state index contributed by atoms with van der Waals surface area (Å²) < 4.78 is 14.1. The van der Waals surface area contributed by atoms with Crippen LogP contribution in [0.1, 0.15) is 51.5 Å². The van der Waals surface area contributed by atoms with Crippen LogP contribution in [0.15, 0.2) is 18.2 Å². The quantitative estimate of drug-likeness (QED) is 0.761. The van der Waals surface area contributed by atoms with Crippen molar-refractivity contribution in [3.05, 3.63) is 29.6 Å². The van der Waals surface area contributed by atoms with E-state index in [1.165, 1.54) is 38.2 Å². The van der Waals surface area contributed by atoms with E-state index >= 15 is 0 Å². The van der Waals surface area contributed by atoms with Crippen molar-refractivity contribution < 1.29 is 4.39 Å². The molecule has 1 saturated carbocycles. The molecule has 116 valence electrons. The van der Waals surface area contributed by atoms with Gasteiger partial charge in [0.1, 0.15) is 10.8 Å². The molecule has 0 bridgehead atoms. The molecule has 0 unspecified atom stereocenters. The number of nitrogens with two attached hydrogens (primary N) is 1. The Labute approximate surface area is 132 Å². The zero-order chi connectivity index (χ0) is 15.5. The number of nitrogens with one attached hydrogen (secondary N) is 1. The van der Waals surface area contributed by atoms with Crippen LogP contribution < -0.4 is 11.1 Å². The Morgan fingerprint density at radius 2 is 2.05 bits per heavy atom. The third-order valence-corrected chi connectivity index (χ3v) is 4.65. The van der Waals surface area contributed by atoms with Gasteiger partial charge in [0.05, 0.1) is 5.69 Å². The predicted octanol–water partition coefficient (Wildman–Crippen LogP) is 4.48. The maximum absolute atomic E-state index is 14.1. The lowest BCUT2D eigenvalue weighted by Crippen LogP contribution is -2.28. The second-order valence-electron chi connectivity index (χ2n) is 6.72. The van der Waals surface area contributed by atoms with Crippen molar-refractivity contribution >= 4 is 22.9 Å². The van der Waals surface area contributed by atoms with Gasteiger partial charge in [-0.3, -0.25) is 0 Å². The Kier molecular flexibility index (Phi) is 5.20. The highest BCUT2D eigenvalue weighted by atomic mass is 32.1. The van der Waals surface area contributed by atoms with E-state index in [9.17, 15) is 4.39 Å². The lowest BCUT2D eigenvalue weighted by Gasteiger charge is -2.31. The minimum absolute atomic E-state index is 0.229. The van der Waals surface area contributed by atoms with Crippen molar-refractivity contribution in [2.75, 3.05) is 11.9 Å². The highest BCUT2D eigenvalue weighted by Crippen LogP contribution is 2.43. The summed E-state index contributed by atoms with van der Waals surface area (Å²) in [6.45, 7) is 5.36. The van der Waals surface area contributed by atoms with E-state index in [1.54, 1.807) is 12.1 Å². The first-order chi connectivity index (χ1) is 9.92. The van der Waals surface area contributed by atoms with Crippen LogP contribution in [-0.2, 0) is 0 Å². The fraction of sp³-hybridized carbons (Fsp3) is 0.588. The number of hydrogen-bond donors (Lipinski definition) is 2. The van der Waals surface area contributed by atoms with Crippen molar-refractivity contribution in [1.29, 1.82) is 0 Å². The molecule has 3 N–H and O–H groups in total. The Balaban J connectivity index is 2.06. The van der Waals surface area contributed by atoms with Crippen molar-refractivity contribution in [2.24, 2.45) is 17.1 Å². The fourth-order valence-electron chi connectivity index (χ4n) is 3.54. The summed E-state index contributed by atoms with van der Waals surface area (Å²) in [4.78, 5) is 0.229. The summed E-state index contributed by atoms with van der Waals surface area (Å²) in [6.07, 6.45) is 6.26. The van der Waals surface area contributed by atoms with Crippen LogP contribution in [0.25, 0.3) is 0 Å². The molecule has 21 heavy (non-hydrogen) atoms. The molecule has 1 aromatic carbocycles. The van der Waals surface area contributed by atoms with Crippen LogP contribution in [0.5, 0.6) is 0 Å². The van der Waals surface area contributed by atoms with Crippen LogP contribution in [0.4, 0.5) is 10.1 Å². The summed E-state index contributed by atoms with van der Waals surface area (Å²) in [5, 5.41) is 3.31. The summed E-state index contributed by atoms with van der Waals surface area (Å²) in [5.74, 6) is 0.393. The molecule has 0 aromatic heterocycles. The Morgan fingerprint density at radius 3 is 2.57 bits per heavy atom. The molecule has 0 spiro atoms. The number of hydrogen-bond acceptors (Lipinski definition) is 2. The minimum atomic E-state index is -0.280. The topological polar surface area (TPSA) is 38.0 Å². The Bertz CT molecular complexity index is 508. The Hall–Kier alpha value is -1.16. The lowest BCUT2D eigenvalue weighted by molar-refractivity contribution is 0.252. The van der Waals surface area contributed by atoms with E-state index in [0.29, 0.717) is 22.6 Å². The maximum Gasteiger partial charge on any atom is 0.146 e. The molecule has 1 fully saturated rings. The zero-order valence-electron chi connectivity index (χ0n) is 12.9. The van der Waals surface area contributed by atoms with Gasteiger partial charge in [0.2, 0.25) is 0 Å². The van der Waals surface area contributed by atoms with E-state index < -0.39 is 0 Å². The molecule has 1 aromatic rings. The van der Waals surface area contributed by atoms with Gasteiger partial charge in [-0.15, -0.1) is 0 Å². The van der Waals surface area contributed by atoms with E-state index in [-0.39, 0.29) is 10.8 Å². The van der Waals surface area contributed by atoms with Crippen molar-refractivity contribution in [1.82, 2.24) is 0 Å². The van der Waals surface area contributed by atoms with Gasteiger partial charge >= 0.3 is 0 Å². The molecule has 0 radical (unpaired) electrons. The molecule has 2 nitrogen and oxygen atoms in total.